The average molecular weight is 622 g/mol. The van der Waals surface area contributed by atoms with Crippen LogP contribution in [0.5, 0.6) is 0 Å². The van der Waals surface area contributed by atoms with Crippen LogP contribution in [0.4, 0.5) is 17.2 Å². The van der Waals surface area contributed by atoms with Gasteiger partial charge >= 0.3 is 0 Å². The normalized spacial score (nSPS) is 15.1. The SMILES string of the molecule is Cn1cc(-c2cccc(N3CCc4cc(C(C)(C)C)ccc4C3=O)c2CO)nc(Nc2ccc(C(=O)N3CCOCC3)cc2)c1=O. The van der Waals surface area contributed by atoms with Crippen LogP contribution in [-0.4, -0.2) is 64.2 Å². The number of aliphatic hydroxyl groups is 1. The summed E-state index contributed by atoms with van der Waals surface area (Å²) in [5.74, 6) is -0.0771. The van der Waals surface area contributed by atoms with Crippen molar-refractivity contribution >= 4 is 29.0 Å². The lowest BCUT2D eigenvalue weighted by Crippen LogP contribution is -2.40. The van der Waals surface area contributed by atoms with Crippen LogP contribution >= 0.6 is 0 Å². The Morgan fingerprint density at radius 3 is 2.41 bits per heavy atom. The molecule has 10 nitrogen and oxygen atoms in total. The molecule has 0 bridgehead atoms. The summed E-state index contributed by atoms with van der Waals surface area (Å²) in [4.78, 5) is 47.9. The van der Waals surface area contributed by atoms with E-state index in [1.165, 1.54) is 10.1 Å². The van der Waals surface area contributed by atoms with Gasteiger partial charge in [-0.15, -0.1) is 0 Å². The topological polar surface area (TPSA) is 117 Å². The van der Waals surface area contributed by atoms with Crippen molar-refractivity contribution in [3.05, 3.63) is 105 Å². The highest BCUT2D eigenvalue weighted by Gasteiger charge is 2.29. The molecule has 2 amide bonds. The maximum absolute atomic E-state index is 13.8. The molecule has 2 N–H and O–H groups in total. The minimum absolute atomic E-state index is 0.0182. The highest BCUT2D eigenvalue weighted by molar-refractivity contribution is 6.09. The van der Waals surface area contributed by atoms with Gasteiger partial charge in [-0.05, 0) is 59.4 Å². The van der Waals surface area contributed by atoms with Gasteiger partial charge in [0.2, 0.25) is 0 Å². The zero-order chi connectivity index (χ0) is 32.6. The van der Waals surface area contributed by atoms with Crippen molar-refractivity contribution in [2.45, 2.75) is 39.2 Å². The molecule has 0 unspecified atom stereocenters. The Hall–Kier alpha value is -4.80. The molecule has 3 heterocycles. The molecule has 2 aliphatic heterocycles. The Morgan fingerprint density at radius 1 is 0.978 bits per heavy atom. The second-order valence-corrected chi connectivity index (χ2v) is 12.8. The molecule has 0 radical (unpaired) electrons. The first kappa shape index (κ1) is 31.2. The number of hydrogen-bond donors (Lipinski definition) is 2. The van der Waals surface area contributed by atoms with E-state index in [-0.39, 0.29) is 35.2 Å². The van der Waals surface area contributed by atoms with Crippen molar-refractivity contribution in [2.75, 3.05) is 43.1 Å². The van der Waals surface area contributed by atoms with Gasteiger partial charge in [0.15, 0.2) is 5.82 Å². The van der Waals surface area contributed by atoms with E-state index in [9.17, 15) is 19.5 Å². The van der Waals surface area contributed by atoms with Crippen molar-refractivity contribution in [3.63, 3.8) is 0 Å². The lowest BCUT2D eigenvalue weighted by molar-refractivity contribution is 0.0303. The molecule has 2 aliphatic rings. The first-order valence-corrected chi connectivity index (χ1v) is 15.6. The number of fused-ring (bicyclic) bond motifs is 1. The third kappa shape index (κ3) is 6.05. The lowest BCUT2D eigenvalue weighted by atomic mass is 9.84. The number of ether oxygens (including phenoxy) is 1. The number of rotatable bonds is 6. The fraction of sp³-hybridized carbons (Fsp3) is 0.333. The summed E-state index contributed by atoms with van der Waals surface area (Å²) in [6.45, 7) is 8.79. The molecule has 4 aromatic rings. The Kier molecular flexibility index (Phi) is 8.50. The molecule has 0 atom stereocenters. The van der Waals surface area contributed by atoms with Gasteiger partial charge in [0, 0.05) is 60.8 Å². The molecular formula is C36H39N5O5. The number of carbonyl (C=O) groups excluding carboxylic acids is 2. The number of aryl methyl sites for hydroxylation is 1. The molecule has 0 saturated carbocycles. The summed E-state index contributed by atoms with van der Waals surface area (Å²) in [5, 5.41) is 13.7. The van der Waals surface area contributed by atoms with Gasteiger partial charge < -0.3 is 29.5 Å². The monoisotopic (exact) mass is 621 g/mol. The smallest absolute Gasteiger partial charge is 0.293 e. The van der Waals surface area contributed by atoms with Crippen molar-refractivity contribution in [3.8, 4) is 11.3 Å². The van der Waals surface area contributed by atoms with Gasteiger partial charge in [-0.1, -0.05) is 45.0 Å². The molecule has 1 aromatic heterocycles. The summed E-state index contributed by atoms with van der Waals surface area (Å²) >= 11 is 0. The summed E-state index contributed by atoms with van der Waals surface area (Å²) in [6.07, 6.45) is 2.32. The van der Waals surface area contributed by atoms with E-state index < -0.39 is 0 Å². The van der Waals surface area contributed by atoms with Crippen LogP contribution < -0.4 is 15.8 Å². The van der Waals surface area contributed by atoms with Gasteiger partial charge in [-0.3, -0.25) is 14.4 Å². The molecule has 1 fully saturated rings. The van der Waals surface area contributed by atoms with Crippen LogP contribution in [0.25, 0.3) is 11.3 Å². The number of aliphatic hydroxyl groups excluding tert-OH is 1. The number of aromatic nitrogens is 2. The Bertz CT molecular complexity index is 1850. The Morgan fingerprint density at radius 2 is 1.72 bits per heavy atom. The maximum Gasteiger partial charge on any atom is 0.293 e. The number of amides is 2. The third-order valence-corrected chi connectivity index (χ3v) is 8.69. The van der Waals surface area contributed by atoms with Gasteiger partial charge in [0.25, 0.3) is 17.4 Å². The van der Waals surface area contributed by atoms with Gasteiger partial charge in [0.1, 0.15) is 0 Å². The predicted octanol–water partition coefficient (Wildman–Crippen LogP) is 4.66. The van der Waals surface area contributed by atoms with E-state index in [4.69, 9.17) is 4.74 Å². The lowest BCUT2D eigenvalue weighted by Gasteiger charge is -2.32. The number of nitrogens with zero attached hydrogens (tertiary/aromatic N) is 4. The maximum atomic E-state index is 13.8. The average Bonchev–Trinajstić information content (AvgIpc) is 3.06. The number of hydrogen-bond acceptors (Lipinski definition) is 7. The van der Waals surface area contributed by atoms with Crippen LogP contribution in [0.3, 0.4) is 0 Å². The molecule has 238 valence electrons. The van der Waals surface area contributed by atoms with E-state index in [1.807, 2.05) is 30.3 Å². The van der Waals surface area contributed by atoms with E-state index in [2.05, 4.69) is 37.1 Å². The molecule has 6 rings (SSSR count). The zero-order valence-electron chi connectivity index (χ0n) is 26.7. The van der Waals surface area contributed by atoms with E-state index >= 15 is 0 Å². The van der Waals surface area contributed by atoms with Gasteiger partial charge in [0.05, 0.1) is 31.2 Å². The van der Waals surface area contributed by atoms with Crippen LogP contribution in [0.15, 0.2) is 71.7 Å². The summed E-state index contributed by atoms with van der Waals surface area (Å²) in [5.41, 5.74) is 5.93. The predicted molar refractivity (Wildman–Crippen MR) is 178 cm³/mol. The number of anilines is 3. The number of benzene rings is 3. The van der Waals surface area contributed by atoms with Crippen LogP contribution in [0.1, 0.15) is 58.2 Å². The highest BCUT2D eigenvalue weighted by Crippen LogP contribution is 2.35. The Labute approximate surface area is 268 Å². The standard InChI is InChI=1S/C36H39N5O5/c1-36(2,3)25-10-13-27-24(20-25)14-15-41(34(27)44)31-7-5-6-28(29(31)22-42)30-21-39(4)35(45)32(38-30)37-26-11-8-23(9-12-26)33(43)40-16-18-46-19-17-40/h5-13,20-21,42H,14-19,22H2,1-4H3,(H,37,38). The highest BCUT2D eigenvalue weighted by atomic mass is 16.5. The number of carbonyl (C=O) groups is 2. The summed E-state index contributed by atoms with van der Waals surface area (Å²) < 4.78 is 6.78. The van der Waals surface area contributed by atoms with Crippen LogP contribution in [0.2, 0.25) is 0 Å². The second-order valence-electron chi connectivity index (χ2n) is 12.8. The molecule has 0 aliphatic carbocycles. The van der Waals surface area contributed by atoms with E-state index in [1.54, 1.807) is 47.3 Å². The Balaban J connectivity index is 1.28. The molecule has 3 aromatic carbocycles. The largest absolute Gasteiger partial charge is 0.392 e. The third-order valence-electron chi connectivity index (χ3n) is 8.69. The summed E-state index contributed by atoms with van der Waals surface area (Å²) in [7, 11) is 1.64. The zero-order valence-corrected chi connectivity index (χ0v) is 26.7. The fourth-order valence-corrected chi connectivity index (χ4v) is 6.02. The van der Waals surface area contributed by atoms with Crippen molar-refractivity contribution in [1.29, 1.82) is 0 Å². The quantitative estimate of drug-likeness (QED) is 0.322. The fourth-order valence-electron chi connectivity index (χ4n) is 6.02. The minimum atomic E-state index is -0.337. The second kappa shape index (κ2) is 12.5. The van der Waals surface area contributed by atoms with E-state index in [0.717, 1.165) is 5.56 Å². The van der Waals surface area contributed by atoms with Crippen LogP contribution in [0, 0.1) is 0 Å². The minimum Gasteiger partial charge on any atom is -0.392 e. The molecular weight excluding hydrogens is 582 g/mol. The summed E-state index contributed by atoms with van der Waals surface area (Å²) in [6, 6.07) is 18.5. The number of nitrogens with one attached hydrogen (secondary N) is 1. The molecule has 10 heteroatoms. The van der Waals surface area contributed by atoms with Crippen molar-refractivity contribution < 1.29 is 19.4 Å². The molecule has 0 spiro atoms. The first-order chi connectivity index (χ1) is 22.0. The van der Waals surface area contributed by atoms with Crippen molar-refractivity contribution in [1.82, 2.24) is 14.5 Å². The molecule has 1 saturated heterocycles. The van der Waals surface area contributed by atoms with Crippen LogP contribution in [-0.2, 0) is 30.2 Å². The number of morpholine rings is 1. The van der Waals surface area contributed by atoms with Crippen molar-refractivity contribution in [2.24, 2.45) is 7.05 Å². The van der Waals surface area contributed by atoms with E-state index in [0.29, 0.717) is 78.6 Å². The first-order valence-electron chi connectivity index (χ1n) is 15.6. The van der Waals surface area contributed by atoms with Gasteiger partial charge in [-0.25, -0.2) is 4.98 Å². The molecule has 46 heavy (non-hydrogen) atoms. The van der Waals surface area contributed by atoms with Gasteiger partial charge in [-0.2, -0.15) is 0 Å².